The highest BCUT2D eigenvalue weighted by molar-refractivity contribution is 5.79. The highest BCUT2D eigenvalue weighted by Gasteiger charge is 2.22. The van der Waals surface area contributed by atoms with Crippen LogP contribution >= 0.6 is 0 Å². The first-order chi connectivity index (χ1) is 12.9. The van der Waals surface area contributed by atoms with Gasteiger partial charge in [0.05, 0.1) is 24.0 Å². The summed E-state index contributed by atoms with van der Waals surface area (Å²) in [5.41, 5.74) is 2.76. The van der Waals surface area contributed by atoms with Crippen molar-refractivity contribution in [2.24, 2.45) is 0 Å². The number of hydrogen-bond donors (Lipinski definition) is 1. The monoisotopic (exact) mass is 371 g/mol. The predicted octanol–water partition coefficient (Wildman–Crippen LogP) is 2.79. The van der Waals surface area contributed by atoms with E-state index >= 15 is 0 Å². The Labute approximate surface area is 160 Å². The Hall–Kier alpha value is -2.57. The van der Waals surface area contributed by atoms with E-state index in [2.05, 4.69) is 21.5 Å². The molecule has 1 fully saturated rings. The third kappa shape index (κ3) is 4.78. The minimum absolute atomic E-state index is 0.155. The molecule has 1 saturated heterocycles. The van der Waals surface area contributed by atoms with Crippen LogP contribution < -0.4 is 10.2 Å². The normalized spacial score (nSPS) is 17.5. The van der Waals surface area contributed by atoms with Crippen LogP contribution in [-0.4, -0.2) is 54.2 Å². The van der Waals surface area contributed by atoms with Gasteiger partial charge in [0, 0.05) is 38.8 Å². The van der Waals surface area contributed by atoms with E-state index in [0.29, 0.717) is 12.5 Å². The Morgan fingerprint density at radius 3 is 2.74 bits per heavy atom. The first kappa shape index (κ1) is 19.2. The molecule has 146 valence electrons. The Morgan fingerprint density at radius 1 is 1.30 bits per heavy atom. The zero-order valence-corrected chi connectivity index (χ0v) is 16.7. The molecule has 0 unspecified atom stereocenters. The Morgan fingerprint density at radius 2 is 2.11 bits per heavy atom. The van der Waals surface area contributed by atoms with Crippen LogP contribution in [0.5, 0.6) is 0 Å². The van der Waals surface area contributed by atoms with Gasteiger partial charge < -0.3 is 19.6 Å². The smallest absolute Gasteiger partial charge is 0.227 e. The van der Waals surface area contributed by atoms with Gasteiger partial charge in [0.1, 0.15) is 11.6 Å². The van der Waals surface area contributed by atoms with Crippen LogP contribution in [-0.2, 0) is 11.2 Å². The number of carbonyl (C=O) groups excluding carboxylic acids is 1. The molecule has 2 aromatic rings. The molecule has 1 aliphatic heterocycles. The molecule has 0 radical (unpaired) electrons. The summed E-state index contributed by atoms with van der Waals surface area (Å²) in [7, 11) is 3.96. The van der Waals surface area contributed by atoms with Gasteiger partial charge in [-0.2, -0.15) is 0 Å². The summed E-state index contributed by atoms with van der Waals surface area (Å²) in [5.74, 6) is 1.84. The molecule has 3 heterocycles. The Kier molecular flexibility index (Phi) is 5.98. The molecule has 1 amide bonds. The molecule has 7 heteroatoms. The van der Waals surface area contributed by atoms with Gasteiger partial charge in [0.15, 0.2) is 0 Å². The fourth-order valence-corrected chi connectivity index (χ4v) is 3.48. The van der Waals surface area contributed by atoms with Gasteiger partial charge in [-0.25, -0.2) is 4.98 Å². The third-order valence-corrected chi connectivity index (χ3v) is 5.17. The summed E-state index contributed by atoms with van der Waals surface area (Å²) in [4.78, 5) is 21.1. The number of hydrogen-bond acceptors (Lipinski definition) is 6. The number of aryl methyl sites for hydroxylation is 2. The van der Waals surface area contributed by atoms with Crippen LogP contribution in [0.3, 0.4) is 0 Å². The lowest BCUT2D eigenvalue weighted by molar-refractivity contribution is -0.130. The summed E-state index contributed by atoms with van der Waals surface area (Å²) in [6, 6.07) is 4.43. The lowest BCUT2D eigenvalue weighted by Gasteiger charge is -2.21. The predicted molar refractivity (Wildman–Crippen MR) is 106 cm³/mol. The van der Waals surface area contributed by atoms with E-state index in [1.807, 2.05) is 50.0 Å². The number of pyridine rings is 1. The van der Waals surface area contributed by atoms with E-state index in [9.17, 15) is 4.79 Å². The van der Waals surface area contributed by atoms with Gasteiger partial charge in [0.2, 0.25) is 5.91 Å². The van der Waals surface area contributed by atoms with Crippen LogP contribution in [0.1, 0.15) is 36.3 Å². The maximum absolute atomic E-state index is 12.7. The van der Waals surface area contributed by atoms with Crippen molar-refractivity contribution in [1.29, 1.82) is 0 Å². The molecular weight excluding hydrogens is 342 g/mol. The fraction of sp³-hybridized carbons (Fsp3) is 0.550. The van der Waals surface area contributed by atoms with Crippen molar-refractivity contribution < 1.29 is 9.32 Å². The van der Waals surface area contributed by atoms with Gasteiger partial charge in [-0.1, -0.05) is 5.16 Å². The molecule has 0 aliphatic carbocycles. The van der Waals surface area contributed by atoms with E-state index < -0.39 is 0 Å². The molecule has 0 saturated carbocycles. The second kappa shape index (κ2) is 8.41. The lowest BCUT2D eigenvalue weighted by Crippen LogP contribution is -2.34. The van der Waals surface area contributed by atoms with Crippen molar-refractivity contribution in [2.75, 3.05) is 37.4 Å². The second-order valence-corrected chi connectivity index (χ2v) is 7.43. The summed E-state index contributed by atoms with van der Waals surface area (Å²) in [5, 5.41) is 7.51. The van der Waals surface area contributed by atoms with Crippen LogP contribution in [0.25, 0.3) is 0 Å². The first-order valence-corrected chi connectivity index (χ1v) is 9.53. The van der Waals surface area contributed by atoms with Gasteiger partial charge in [-0.3, -0.25) is 4.79 Å². The number of nitrogens with zero attached hydrogens (tertiary/aromatic N) is 4. The topological polar surface area (TPSA) is 74.5 Å². The molecule has 1 atom stereocenters. The zero-order valence-electron chi connectivity index (χ0n) is 16.7. The first-order valence-electron chi connectivity index (χ1n) is 9.53. The van der Waals surface area contributed by atoms with Crippen molar-refractivity contribution >= 4 is 17.4 Å². The van der Waals surface area contributed by atoms with Crippen molar-refractivity contribution in [1.82, 2.24) is 15.0 Å². The fourth-order valence-electron chi connectivity index (χ4n) is 3.48. The number of anilines is 2. The number of amides is 1. The SMILES string of the molecule is Cc1noc(C)c1CC(=O)N1CCC[C@@H](Nc2ccc(N(C)C)nc2)CC1. The number of aromatic nitrogens is 2. The third-order valence-electron chi connectivity index (χ3n) is 5.17. The van der Waals surface area contributed by atoms with E-state index in [0.717, 1.165) is 60.9 Å². The molecule has 2 aromatic heterocycles. The standard InChI is InChI=1S/C20H29N5O2/c1-14-18(15(2)27-23-14)12-20(26)25-10-5-6-16(9-11-25)22-17-7-8-19(21-13-17)24(3)4/h7-8,13,16,22H,5-6,9-12H2,1-4H3/t16-/m1/s1. The van der Waals surface area contributed by atoms with Crippen LogP contribution in [0.15, 0.2) is 22.9 Å². The lowest BCUT2D eigenvalue weighted by atomic mass is 10.1. The van der Waals surface area contributed by atoms with E-state index in [4.69, 9.17) is 4.52 Å². The average Bonchev–Trinajstić information content (AvgIpc) is 2.85. The number of nitrogens with one attached hydrogen (secondary N) is 1. The molecule has 3 rings (SSSR count). The van der Waals surface area contributed by atoms with Crippen molar-refractivity contribution in [3.63, 3.8) is 0 Å². The minimum atomic E-state index is 0.155. The molecule has 1 N–H and O–H groups in total. The second-order valence-electron chi connectivity index (χ2n) is 7.43. The van der Waals surface area contributed by atoms with Crippen LogP contribution in [0.2, 0.25) is 0 Å². The zero-order chi connectivity index (χ0) is 19.4. The molecule has 27 heavy (non-hydrogen) atoms. The Balaban J connectivity index is 1.54. The number of carbonyl (C=O) groups is 1. The molecule has 0 bridgehead atoms. The van der Waals surface area contributed by atoms with Crippen molar-refractivity contribution in [2.45, 2.75) is 45.6 Å². The van der Waals surface area contributed by atoms with Crippen molar-refractivity contribution in [3.05, 3.63) is 35.3 Å². The van der Waals surface area contributed by atoms with Crippen LogP contribution in [0.4, 0.5) is 11.5 Å². The minimum Gasteiger partial charge on any atom is -0.381 e. The van der Waals surface area contributed by atoms with E-state index in [1.165, 1.54) is 0 Å². The van der Waals surface area contributed by atoms with E-state index in [-0.39, 0.29) is 5.91 Å². The molecule has 7 nitrogen and oxygen atoms in total. The quantitative estimate of drug-likeness (QED) is 0.871. The van der Waals surface area contributed by atoms with Crippen molar-refractivity contribution in [3.8, 4) is 0 Å². The molecule has 0 aromatic carbocycles. The highest BCUT2D eigenvalue weighted by Crippen LogP contribution is 2.20. The molecular formula is C20H29N5O2. The largest absolute Gasteiger partial charge is 0.381 e. The number of likely N-dealkylation sites (tertiary alicyclic amines) is 1. The Bertz CT molecular complexity index is 750. The van der Waals surface area contributed by atoms with Gasteiger partial charge in [-0.05, 0) is 45.2 Å². The average molecular weight is 371 g/mol. The van der Waals surface area contributed by atoms with Gasteiger partial charge in [0.25, 0.3) is 0 Å². The maximum atomic E-state index is 12.7. The summed E-state index contributed by atoms with van der Waals surface area (Å²) < 4.78 is 5.18. The number of rotatable bonds is 5. The highest BCUT2D eigenvalue weighted by atomic mass is 16.5. The van der Waals surface area contributed by atoms with Crippen LogP contribution in [0, 0.1) is 13.8 Å². The van der Waals surface area contributed by atoms with Gasteiger partial charge >= 0.3 is 0 Å². The summed E-state index contributed by atoms with van der Waals surface area (Å²) in [6.45, 7) is 5.32. The molecule has 1 aliphatic rings. The summed E-state index contributed by atoms with van der Waals surface area (Å²) >= 11 is 0. The van der Waals surface area contributed by atoms with E-state index in [1.54, 1.807) is 0 Å². The maximum Gasteiger partial charge on any atom is 0.227 e. The molecule has 0 spiro atoms. The van der Waals surface area contributed by atoms with Gasteiger partial charge in [-0.15, -0.1) is 0 Å². The summed E-state index contributed by atoms with van der Waals surface area (Å²) in [6.07, 6.45) is 5.22.